The van der Waals surface area contributed by atoms with Gasteiger partial charge in [0.1, 0.15) is 11.8 Å². The van der Waals surface area contributed by atoms with Crippen molar-refractivity contribution in [2.45, 2.75) is 51.0 Å². The van der Waals surface area contributed by atoms with Gasteiger partial charge in [-0.2, -0.15) is 0 Å². The molecule has 1 atom stereocenters. The van der Waals surface area contributed by atoms with Crippen LogP contribution in [0.3, 0.4) is 0 Å². The SMILES string of the molecule is O=C(Nc1c2c(cc3c1CCC3)CCC2)N[C@H](Cc1cccc(O)c1)C(=O)O. The molecule has 0 heterocycles. The minimum Gasteiger partial charge on any atom is -0.508 e. The molecule has 2 aromatic carbocycles. The molecule has 0 spiro atoms. The van der Waals surface area contributed by atoms with E-state index in [4.69, 9.17) is 0 Å². The van der Waals surface area contributed by atoms with Crippen LogP contribution in [0.5, 0.6) is 5.75 Å². The molecule has 4 rings (SSSR count). The average molecular weight is 380 g/mol. The minimum atomic E-state index is -1.11. The number of nitrogens with one attached hydrogen (secondary N) is 2. The second kappa shape index (κ2) is 7.54. The third kappa shape index (κ3) is 3.67. The molecule has 0 saturated carbocycles. The summed E-state index contributed by atoms with van der Waals surface area (Å²) in [5.74, 6) is -1.04. The quantitative estimate of drug-likeness (QED) is 0.640. The Hall–Kier alpha value is -3.02. The predicted molar refractivity (Wildman–Crippen MR) is 106 cm³/mol. The van der Waals surface area contributed by atoms with E-state index >= 15 is 0 Å². The first kappa shape index (κ1) is 18.3. The molecule has 28 heavy (non-hydrogen) atoms. The zero-order chi connectivity index (χ0) is 19.7. The van der Waals surface area contributed by atoms with Crippen molar-refractivity contribution in [2.24, 2.45) is 0 Å². The van der Waals surface area contributed by atoms with Crippen LogP contribution in [0.15, 0.2) is 30.3 Å². The standard InChI is InChI=1S/C22H24N2O4/c25-16-7-1-4-13(10-16)11-19(21(26)27)23-22(28)24-20-17-8-2-5-14(17)12-15-6-3-9-18(15)20/h1,4,7,10,12,19,25H,2-3,5-6,8-9,11H2,(H,26,27)(H2,23,24,28)/t19-/m1/s1. The summed E-state index contributed by atoms with van der Waals surface area (Å²) in [6, 6.07) is 7.12. The number of amides is 2. The molecule has 0 saturated heterocycles. The Balaban J connectivity index is 1.51. The number of carbonyl (C=O) groups is 2. The van der Waals surface area contributed by atoms with Gasteiger partial charge in [-0.25, -0.2) is 9.59 Å². The number of hydrogen-bond donors (Lipinski definition) is 4. The van der Waals surface area contributed by atoms with Crippen molar-refractivity contribution in [3.63, 3.8) is 0 Å². The number of urea groups is 1. The number of rotatable bonds is 5. The van der Waals surface area contributed by atoms with Gasteiger partial charge in [0.25, 0.3) is 0 Å². The van der Waals surface area contributed by atoms with Gasteiger partial charge in [0.05, 0.1) is 0 Å². The highest BCUT2D eigenvalue weighted by Gasteiger charge is 2.26. The Kier molecular flexibility index (Phi) is 4.94. The van der Waals surface area contributed by atoms with Crippen LogP contribution in [0, 0.1) is 0 Å². The summed E-state index contributed by atoms with van der Waals surface area (Å²) in [6.45, 7) is 0. The van der Waals surface area contributed by atoms with Crippen molar-refractivity contribution >= 4 is 17.7 Å². The molecule has 2 aromatic rings. The Morgan fingerprint density at radius 2 is 1.68 bits per heavy atom. The van der Waals surface area contributed by atoms with Crippen LogP contribution in [0.1, 0.15) is 40.7 Å². The second-order valence-corrected chi connectivity index (χ2v) is 7.60. The number of hydrogen-bond acceptors (Lipinski definition) is 3. The number of benzene rings is 2. The van der Waals surface area contributed by atoms with Crippen molar-refractivity contribution in [3.05, 3.63) is 58.1 Å². The summed E-state index contributed by atoms with van der Waals surface area (Å²) < 4.78 is 0. The summed E-state index contributed by atoms with van der Waals surface area (Å²) in [4.78, 5) is 24.3. The topological polar surface area (TPSA) is 98.7 Å². The van der Waals surface area contributed by atoms with Gasteiger partial charge in [0, 0.05) is 12.1 Å². The number of aryl methyl sites for hydroxylation is 2. The maximum Gasteiger partial charge on any atom is 0.326 e. The lowest BCUT2D eigenvalue weighted by Crippen LogP contribution is -2.44. The van der Waals surface area contributed by atoms with Crippen molar-refractivity contribution in [3.8, 4) is 5.75 Å². The lowest BCUT2D eigenvalue weighted by molar-refractivity contribution is -0.139. The molecule has 2 amide bonds. The Morgan fingerprint density at radius 3 is 2.29 bits per heavy atom. The smallest absolute Gasteiger partial charge is 0.326 e. The van der Waals surface area contributed by atoms with Gasteiger partial charge in [0.15, 0.2) is 0 Å². The molecule has 4 N–H and O–H groups in total. The molecule has 0 fully saturated rings. The monoisotopic (exact) mass is 380 g/mol. The van der Waals surface area contributed by atoms with Crippen molar-refractivity contribution in [1.29, 1.82) is 0 Å². The van der Waals surface area contributed by atoms with Crippen LogP contribution in [-0.4, -0.2) is 28.3 Å². The number of phenolic OH excluding ortho intramolecular Hbond substituents is 1. The normalized spacial score (nSPS) is 15.6. The number of carboxylic acid groups (broad SMARTS) is 1. The lowest BCUT2D eigenvalue weighted by atomic mass is 9.99. The van der Waals surface area contributed by atoms with E-state index in [1.54, 1.807) is 12.1 Å². The van der Waals surface area contributed by atoms with Crippen LogP contribution in [0.2, 0.25) is 0 Å². The lowest BCUT2D eigenvalue weighted by Gasteiger charge is -2.19. The van der Waals surface area contributed by atoms with Gasteiger partial charge >= 0.3 is 12.0 Å². The number of carbonyl (C=O) groups excluding carboxylic acids is 1. The molecule has 0 aromatic heterocycles. The molecule has 0 unspecified atom stereocenters. The highest BCUT2D eigenvalue weighted by atomic mass is 16.4. The van der Waals surface area contributed by atoms with Crippen LogP contribution in [0.4, 0.5) is 10.5 Å². The zero-order valence-electron chi connectivity index (χ0n) is 15.6. The fourth-order valence-electron chi connectivity index (χ4n) is 4.39. The molecule has 6 nitrogen and oxygen atoms in total. The molecular weight excluding hydrogens is 356 g/mol. The molecule has 0 bridgehead atoms. The summed E-state index contributed by atoms with van der Waals surface area (Å²) >= 11 is 0. The maximum absolute atomic E-state index is 12.6. The number of aliphatic carboxylic acids is 1. The Labute approximate surface area is 163 Å². The Bertz CT molecular complexity index is 906. The molecule has 2 aliphatic carbocycles. The van der Waals surface area contributed by atoms with Crippen molar-refractivity contribution in [2.75, 3.05) is 5.32 Å². The highest BCUT2D eigenvalue weighted by molar-refractivity contribution is 5.94. The van der Waals surface area contributed by atoms with Gasteiger partial charge in [-0.15, -0.1) is 0 Å². The fourth-order valence-corrected chi connectivity index (χ4v) is 4.39. The van der Waals surface area contributed by atoms with Crippen LogP contribution in [0.25, 0.3) is 0 Å². The van der Waals surface area contributed by atoms with Gasteiger partial charge < -0.3 is 20.8 Å². The third-order valence-electron chi connectivity index (χ3n) is 5.67. The van der Waals surface area contributed by atoms with E-state index in [0.717, 1.165) is 44.2 Å². The number of anilines is 1. The zero-order valence-corrected chi connectivity index (χ0v) is 15.6. The van der Waals surface area contributed by atoms with Crippen molar-refractivity contribution in [1.82, 2.24) is 5.32 Å². The van der Waals surface area contributed by atoms with Gasteiger partial charge in [0.2, 0.25) is 0 Å². The van der Waals surface area contributed by atoms with E-state index < -0.39 is 18.0 Å². The second-order valence-electron chi connectivity index (χ2n) is 7.60. The van der Waals surface area contributed by atoms with E-state index in [1.807, 2.05) is 0 Å². The largest absolute Gasteiger partial charge is 0.508 e. The van der Waals surface area contributed by atoms with Crippen LogP contribution in [-0.2, 0) is 36.9 Å². The number of carboxylic acids is 1. The third-order valence-corrected chi connectivity index (χ3v) is 5.67. The van der Waals surface area contributed by atoms with E-state index in [0.29, 0.717) is 5.56 Å². The first-order chi connectivity index (χ1) is 13.5. The summed E-state index contributed by atoms with van der Waals surface area (Å²) in [5.41, 5.74) is 6.57. The highest BCUT2D eigenvalue weighted by Crippen LogP contribution is 2.38. The average Bonchev–Trinajstić information content (AvgIpc) is 3.30. The molecule has 2 aliphatic rings. The van der Waals surface area contributed by atoms with Gasteiger partial charge in [-0.3, -0.25) is 0 Å². The summed E-state index contributed by atoms with van der Waals surface area (Å²) in [5, 5.41) is 24.6. The van der Waals surface area contributed by atoms with E-state index in [2.05, 4.69) is 16.7 Å². The molecule has 0 aliphatic heterocycles. The van der Waals surface area contributed by atoms with Crippen LogP contribution >= 0.6 is 0 Å². The van der Waals surface area contributed by atoms with E-state index in [9.17, 15) is 19.8 Å². The van der Waals surface area contributed by atoms with Crippen molar-refractivity contribution < 1.29 is 19.8 Å². The molecule has 6 heteroatoms. The van der Waals surface area contributed by atoms with E-state index in [1.165, 1.54) is 34.4 Å². The number of phenols is 1. The van der Waals surface area contributed by atoms with Crippen LogP contribution < -0.4 is 10.6 Å². The summed E-state index contributed by atoms with van der Waals surface area (Å²) in [7, 11) is 0. The fraction of sp³-hybridized carbons (Fsp3) is 0.364. The maximum atomic E-state index is 12.6. The molecular formula is C22H24N2O4. The number of fused-ring (bicyclic) bond motifs is 2. The number of aromatic hydroxyl groups is 1. The first-order valence-corrected chi connectivity index (χ1v) is 9.76. The Morgan fingerprint density at radius 1 is 1.00 bits per heavy atom. The molecule has 0 radical (unpaired) electrons. The van der Waals surface area contributed by atoms with Gasteiger partial charge in [-0.1, -0.05) is 18.2 Å². The molecule has 146 valence electrons. The summed E-state index contributed by atoms with van der Waals surface area (Å²) in [6.07, 6.45) is 6.24. The predicted octanol–water partition coefficient (Wildman–Crippen LogP) is 3.19. The van der Waals surface area contributed by atoms with E-state index in [-0.39, 0.29) is 12.2 Å². The van der Waals surface area contributed by atoms with Gasteiger partial charge in [-0.05, 0) is 78.5 Å². The first-order valence-electron chi connectivity index (χ1n) is 9.76. The minimum absolute atomic E-state index is 0.0708.